The maximum atomic E-state index is 12.9. The van der Waals surface area contributed by atoms with Crippen LogP contribution in [0.15, 0.2) is 30.3 Å². The molecule has 2 aromatic rings. The predicted molar refractivity (Wildman–Crippen MR) is 90.7 cm³/mol. The lowest BCUT2D eigenvalue weighted by molar-refractivity contribution is 0.208. The fourth-order valence-electron chi connectivity index (χ4n) is 2.73. The number of nitrogens with one attached hydrogen (secondary N) is 1. The summed E-state index contributed by atoms with van der Waals surface area (Å²) in [7, 11) is 0. The van der Waals surface area contributed by atoms with E-state index in [-0.39, 0.29) is 11.8 Å². The quantitative estimate of drug-likeness (QED) is 0.920. The Hall–Kier alpha value is -2.70. The second kappa shape index (κ2) is 6.82. The molecule has 0 unspecified atom stereocenters. The summed E-state index contributed by atoms with van der Waals surface area (Å²) >= 11 is 0. The molecule has 0 aliphatic carbocycles. The zero-order valence-electron chi connectivity index (χ0n) is 13.8. The SMILES string of the molecule is Cc1cc(N2CCN(C(=O)Nc3ccc(F)cc3)CC2)nc(C)n1. The Morgan fingerprint density at radius 3 is 2.38 bits per heavy atom. The highest BCUT2D eigenvalue weighted by Crippen LogP contribution is 2.16. The van der Waals surface area contributed by atoms with E-state index < -0.39 is 0 Å². The topological polar surface area (TPSA) is 61.4 Å². The Bertz CT molecular complexity index is 706. The van der Waals surface area contributed by atoms with Crippen molar-refractivity contribution >= 4 is 17.5 Å². The van der Waals surface area contributed by atoms with Gasteiger partial charge in [-0.1, -0.05) is 0 Å². The van der Waals surface area contributed by atoms with Crippen molar-refractivity contribution in [3.05, 3.63) is 47.7 Å². The summed E-state index contributed by atoms with van der Waals surface area (Å²) in [4.78, 5) is 24.9. The molecule has 126 valence electrons. The molecule has 1 aliphatic rings. The number of halogens is 1. The van der Waals surface area contributed by atoms with Crippen molar-refractivity contribution in [1.29, 1.82) is 0 Å². The van der Waals surface area contributed by atoms with Gasteiger partial charge in [0.25, 0.3) is 0 Å². The molecule has 0 radical (unpaired) electrons. The number of carbonyl (C=O) groups excluding carboxylic acids is 1. The maximum absolute atomic E-state index is 12.9. The van der Waals surface area contributed by atoms with Gasteiger partial charge in [0.05, 0.1) is 0 Å². The highest BCUT2D eigenvalue weighted by molar-refractivity contribution is 5.89. The highest BCUT2D eigenvalue weighted by atomic mass is 19.1. The van der Waals surface area contributed by atoms with Gasteiger partial charge in [0, 0.05) is 43.6 Å². The Balaban J connectivity index is 1.58. The number of benzene rings is 1. The highest BCUT2D eigenvalue weighted by Gasteiger charge is 2.22. The molecular weight excluding hydrogens is 309 g/mol. The number of hydrogen-bond acceptors (Lipinski definition) is 4. The average Bonchev–Trinajstić information content (AvgIpc) is 2.56. The normalized spacial score (nSPS) is 14.6. The molecule has 0 bridgehead atoms. The van der Waals surface area contributed by atoms with Crippen LogP contribution in [0.5, 0.6) is 0 Å². The fraction of sp³-hybridized carbons (Fsp3) is 0.353. The largest absolute Gasteiger partial charge is 0.353 e. The van der Waals surface area contributed by atoms with E-state index in [1.165, 1.54) is 12.1 Å². The van der Waals surface area contributed by atoms with Crippen LogP contribution in [-0.2, 0) is 0 Å². The molecular formula is C17H20FN5O. The van der Waals surface area contributed by atoms with Crippen LogP contribution in [0.3, 0.4) is 0 Å². The lowest BCUT2D eigenvalue weighted by Crippen LogP contribution is -2.50. The Morgan fingerprint density at radius 2 is 1.75 bits per heavy atom. The second-order valence-corrected chi connectivity index (χ2v) is 5.83. The van der Waals surface area contributed by atoms with E-state index >= 15 is 0 Å². The number of anilines is 2. The number of urea groups is 1. The van der Waals surface area contributed by atoms with Gasteiger partial charge in [0.1, 0.15) is 17.5 Å². The molecule has 2 heterocycles. The van der Waals surface area contributed by atoms with E-state index in [0.29, 0.717) is 31.9 Å². The minimum atomic E-state index is -0.322. The first-order valence-electron chi connectivity index (χ1n) is 7.90. The molecule has 1 fully saturated rings. The number of aryl methyl sites for hydroxylation is 2. The van der Waals surface area contributed by atoms with Crippen LogP contribution in [0.1, 0.15) is 11.5 Å². The molecule has 7 heteroatoms. The van der Waals surface area contributed by atoms with E-state index in [2.05, 4.69) is 20.2 Å². The van der Waals surface area contributed by atoms with Crippen molar-refractivity contribution in [2.24, 2.45) is 0 Å². The van der Waals surface area contributed by atoms with Crippen LogP contribution in [-0.4, -0.2) is 47.1 Å². The molecule has 3 rings (SSSR count). The van der Waals surface area contributed by atoms with Crippen LogP contribution in [0, 0.1) is 19.7 Å². The summed E-state index contributed by atoms with van der Waals surface area (Å²) in [5.41, 5.74) is 1.53. The van der Waals surface area contributed by atoms with E-state index in [4.69, 9.17) is 0 Å². The van der Waals surface area contributed by atoms with Crippen LogP contribution in [0.2, 0.25) is 0 Å². The van der Waals surface area contributed by atoms with Gasteiger partial charge in [-0.15, -0.1) is 0 Å². The van der Waals surface area contributed by atoms with E-state index in [1.807, 2.05) is 19.9 Å². The molecule has 0 spiro atoms. The smallest absolute Gasteiger partial charge is 0.321 e. The third-order valence-electron chi connectivity index (χ3n) is 3.94. The van der Waals surface area contributed by atoms with Gasteiger partial charge in [-0.3, -0.25) is 0 Å². The standard InChI is InChI=1S/C17H20FN5O/c1-12-11-16(20-13(2)19-12)22-7-9-23(10-8-22)17(24)21-15-5-3-14(18)4-6-15/h3-6,11H,7-10H2,1-2H3,(H,21,24). The summed E-state index contributed by atoms with van der Waals surface area (Å²) < 4.78 is 12.9. The third kappa shape index (κ3) is 3.79. The van der Waals surface area contributed by atoms with Gasteiger partial charge < -0.3 is 15.1 Å². The predicted octanol–water partition coefficient (Wildman–Crippen LogP) is 2.59. The molecule has 0 saturated carbocycles. The Morgan fingerprint density at radius 1 is 1.08 bits per heavy atom. The molecule has 1 aromatic heterocycles. The minimum absolute atomic E-state index is 0.170. The van der Waals surface area contributed by atoms with Crippen LogP contribution in [0.4, 0.5) is 20.7 Å². The number of piperazine rings is 1. The summed E-state index contributed by atoms with van der Waals surface area (Å²) in [6.07, 6.45) is 0. The number of carbonyl (C=O) groups is 1. The second-order valence-electron chi connectivity index (χ2n) is 5.83. The summed E-state index contributed by atoms with van der Waals surface area (Å²) in [5.74, 6) is 1.33. The Labute approximate surface area is 140 Å². The summed E-state index contributed by atoms with van der Waals surface area (Å²) in [5, 5.41) is 2.79. The molecule has 2 amide bonds. The zero-order chi connectivity index (χ0) is 17.1. The number of nitrogens with zero attached hydrogens (tertiary/aromatic N) is 4. The maximum Gasteiger partial charge on any atom is 0.321 e. The van der Waals surface area contributed by atoms with Gasteiger partial charge in [-0.05, 0) is 38.1 Å². The molecule has 1 saturated heterocycles. The number of aromatic nitrogens is 2. The van der Waals surface area contributed by atoms with Gasteiger partial charge >= 0.3 is 6.03 Å². The van der Waals surface area contributed by atoms with Crippen molar-refractivity contribution < 1.29 is 9.18 Å². The van der Waals surface area contributed by atoms with Crippen LogP contribution >= 0.6 is 0 Å². The fourth-order valence-corrected chi connectivity index (χ4v) is 2.73. The first kappa shape index (κ1) is 16.2. The van der Waals surface area contributed by atoms with Crippen molar-refractivity contribution in [2.45, 2.75) is 13.8 Å². The number of amides is 2. The summed E-state index contributed by atoms with van der Waals surface area (Å²) in [6, 6.07) is 7.55. The molecule has 0 atom stereocenters. The molecule has 1 N–H and O–H groups in total. The van der Waals surface area contributed by atoms with Gasteiger partial charge in [-0.2, -0.15) is 0 Å². The first-order chi connectivity index (χ1) is 11.5. The lowest BCUT2D eigenvalue weighted by atomic mass is 10.3. The Kier molecular flexibility index (Phi) is 4.59. The molecule has 24 heavy (non-hydrogen) atoms. The molecule has 6 nitrogen and oxygen atoms in total. The molecule has 1 aromatic carbocycles. The monoisotopic (exact) mass is 329 g/mol. The van der Waals surface area contributed by atoms with E-state index in [1.54, 1.807) is 17.0 Å². The summed E-state index contributed by atoms with van der Waals surface area (Å²) in [6.45, 7) is 6.47. The van der Waals surface area contributed by atoms with Gasteiger partial charge in [0.2, 0.25) is 0 Å². The van der Waals surface area contributed by atoms with E-state index in [0.717, 1.165) is 17.3 Å². The van der Waals surface area contributed by atoms with Gasteiger partial charge in [0.15, 0.2) is 0 Å². The first-order valence-corrected chi connectivity index (χ1v) is 7.90. The van der Waals surface area contributed by atoms with Crippen LogP contribution < -0.4 is 10.2 Å². The average molecular weight is 329 g/mol. The lowest BCUT2D eigenvalue weighted by Gasteiger charge is -2.35. The number of rotatable bonds is 2. The van der Waals surface area contributed by atoms with Crippen LogP contribution in [0.25, 0.3) is 0 Å². The molecule has 1 aliphatic heterocycles. The van der Waals surface area contributed by atoms with Crippen molar-refractivity contribution in [3.8, 4) is 0 Å². The van der Waals surface area contributed by atoms with Crippen molar-refractivity contribution in [3.63, 3.8) is 0 Å². The zero-order valence-corrected chi connectivity index (χ0v) is 13.8. The third-order valence-corrected chi connectivity index (χ3v) is 3.94. The minimum Gasteiger partial charge on any atom is -0.353 e. The van der Waals surface area contributed by atoms with Gasteiger partial charge in [-0.25, -0.2) is 19.2 Å². The van der Waals surface area contributed by atoms with Crippen molar-refractivity contribution in [2.75, 3.05) is 36.4 Å². The number of hydrogen-bond donors (Lipinski definition) is 1. The van der Waals surface area contributed by atoms with Crippen molar-refractivity contribution in [1.82, 2.24) is 14.9 Å². The van der Waals surface area contributed by atoms with E-state index in [9.17, 15) is 9.18 Å².